The molecule has 1 heterocycles. The highest BCUT2D eigenvalue weighted by atomic mass is 16.5. The molecule has 0 aliphatic carbocycles. The van der Waals surface area contributed by atoms with Gasteiger partial charge in [0.15, 0.2) is 0 Å². The van der Waals surface area contributed by atoms with Crippen LogP contribution in [0.15, 0.2) is 18.2 Å². The maximum atomic E-state index is 5.74. The molecule has 0 radical (unpaired) electrons. The molecule has 0 aromatic heterocycles. The van der Waals surface area contributed by atoms with Crippen molar-refractivity contribution in [3.8, 4) is 0 Å². The second-order valence-electron chi connectivity index (χ2n) is 3.87. The van der Waals surface area contributed by atoms with Crippen molar-refractivity contribution in [1.82, 2.24) is 0 Å². The van der Waals surface area contributed by atoms with Gasteiger partial charge in [0.2, 0.25) is 0 Å². The largest absolute Gasteiger partial charge is 0.397 e. The third-order valence-corrected chi connectivity index (χ3v) is 2.68. The molecule has 4 heteroatoms. The van der Waals surface area contributed by atoms with Crippen molar-refractivity contribution in [3.05, 3.63) is 18.2 Å². The van der Waals surface area contributed by atoms with E-state index in [1.54, 1.807) is 0 Å². The van der Waals surface area contributed by atoms with Gasteiger partial charge in [-0.25, -0.2) is 0 Å². The van der Waals surface area contributed by atoms with Crippen molar-refractivity contribution in [3.63, 3.8) is 0 Å². The minimum Gasteiger partial charge on any atom is -0.397 e. The Hall–Kier alpha value is -1.42. The number of anilines is 3. The van der Waals surface area contributed by atoms with Crippen LogP contribution in [0.2, 0.25) is 0 Å². The fraction of sp³-hybridized carbons (Fsp3) is 0.455. The van der Waals surface area contributed by atoms with E-state index in [-0.39, 0.29) is 0 Å². The molecule has 1 fully saturated rings. The van der Waals surface area contributed by atoms with Gasteiger partial charge in [-0.15, -0.1) is 0 Å². The van der Waals surface area contributed by atoms with E-state index in [9.17, 15) is 0 Å². The second-order valence-corrected chi connectivity index (χ2v) is 3.87. The normalized spacial score (nSPS) is 17.6. The third kappa shape index (κ3) is 2.53. The van der Waals surface area contributed by atoms with Gasteiger partial charge in [0, 0.05) is 24.9 Å². The molecule has 5 N–H and O–H groups in total. The Kier molecular flexibility index (Phi) is 2.97. The van der Waals surface area contributed by atoms with E-state index >= 15 is 0 Å². The molecule has 1 aliphatic rings. The minimum absolute atomic E-state index is 0.488. The highest BCUT2D eigenvalue weighted by molar-refractivity contribution is 5.69. The molecular formula is C11H17N3O. The lowest BCUT2D eigenvalue weighted by Gasteiger charge is -2.24. The van der Waals surface area contributed by atoms with Crippen LogP contribution in [0.1, 0.15) is 12.8 Å². The average molecular weight is 207 g/mol. The van der Waals surface area contributed by atoms with Crippen LogP contribution in [0.4, 0.5) is 17.1 Å². The van der Waals surface area contributed by atoms with Gasteiger partial charge in [0.1, 0.15) is 0 Å². The Labute approximate surface area is 89.6 Å². The molecule has 0 bridgehead atoms. The van der Waals surface area contributed by atoms with Gasteiger partial charge in [-0.1, -0.05) is 0 Å². The van der Waals surface area contributed by atoms with Gasteiger partial charge in [-0.05, 0) is 31.0 Å². The summed E-state index contributed by atoms with van der Waals surface area (Å²) in [6.45, 7) is 1.67. The average Bonchev–Trinajstić information content (AvgIpc) is 2.25. The summed E-state index contributed by atoms with van der Waals surface area (Å²) >= 11 is 0. The smallest absolute Gasteiger partial charge is 0.0568 e. The molecule has 1 aromatic carbocycles. The predicted molar refractivity (Wildman–Crippen MR) is 62.7 cm³/mol. The molecule has 0 saturated carbocycles. The van der Waals surface area contributed by atoms with Gasteiger partial charge < -0.3 is 21.5 Å². The van der Waals surface area contributed by atoms with Crippen LogP contribution in [0.25, 0.3) is 0 Å². The van der Waals surface area contributed by atoms with E-state index in [1.165, 1.54) is 0 Å². The summed E-state index contributed by atoms with van der Waals surface area (Å²) in [5.41, 5.74) is 13.7. The number of nitrogen functional groups attached to an aromatic ring is 2. The molecular weight excluding hydrogens is 190 g/mol. The Morgan fingerprint density at radius 3 is 2.53 bits per heavy atom. The van der Waals surface area contributed by atoms with Crippen molar-refractivity contribution in [2.24, 2.45) is 0 Å². The Bertz CT molecular complexity index is 335. The number of benzene rings is 1. The first-order chi connectivity index (χ1) is 7.25. The fourth-order valence-corrected chi connectivity index (χ4v) is 1.74. The molecule has 0 spiro atoms. The molecule has 2 rings (SSSR count). The summed E-state index contributed by atoms with van der Waals surface area (Å²) in [7, 11) is 0. The van der Waals surface area contributed by atoms with Crippen molar-refractivity contribution in [1.29, 1.82) is 0 Å². The summed E-state index contributed by atoms with van der Waals surface area (Å²) in [4.78, 5) is 0. The zero-order valence-corrected chi connectivity index (χ0v) is 8.70. The van der Waals surface area contributed by atoms with Crippen molar-refractivity contribution in [2.75, 3.05) is 30.0 Å². The molecule has 1 aliphatic heterocycles. The van der Waals surface area contributed by atoms with Crippen molar-refractivity contribution in [2.45, 2.75) is 18.9 Å². The van der Waals surface area contributed by atoms with Gasteiger partial charge in [0.05, 0.1) is 11.4 Å². The van der Waals surface area contributed by atoms with Crippen LogP contribution in [0, 0.1) is 0 Å². The number of ether oxygens (including phenoxy) is 1. The zero-order valence-electron chi connectivity index (χ0n) is 8.70. The van der Waals surface area contributed by atoms with Crippen LogP contribution in [0.3, 0.4) is 0 Å². The van der Waals surface area contributed by atoms with Gasteiger partial charge in [0.25, 0.3) is 0 Å². The van der Waals surface area contributed by atoms with E-state index in [4.69, 9.17) is 16.2 Å². The number of rotatable bonds is 2. The van der Waals surface area contributed by atoms with Gasteiger partial charge >= 0.3 is 0 Å². The van der Waals surface area contributed by atoms with E-state index in [0.29, 0.717) is 17.4 Å². The molecule has 0 atom stereocenters. The number of hydrogen-bond donors (Lipinski definition) is 3. The molecule has 1 aromatic rings. The van der Waals surface area contributed by atoms with E-state index in [0.717, 1.165) is 31.7 Å². The summed E-state index contributed by atoms with van der Waals surface area (Å²) < 4.78 is 5.30. The van der Waals surface area contributed by atoms with Crippen molar-refractivity contribution >= 4 is 17.1 Å². The van der Waals surface area contributed by atoms with Gasteiger partial charge in [-0.2, -0.15) is 0 Å². The maximum Gasteiger partial charge on any atom is 0.0568 e. The second kappa shape index (κ2) is 4.40. The molecule has 1 saturated heterocycles. The standard InChI is InChI=1S/C11H17N3O/c12-10-2-1-9(7-11(10)13)14-8-3-5-15-6-4-8/h1-2,7-8,14H,3-6,12-13H2. The molecule has 0 amide bonds. The topological polar surface area (TPSA) is 73.3 Å². The van der Waals surface area contributed by atoms with Crippen LogP contribution in [-0.2, 0) is 4.74 Å². The predicted octanol–water partition coefficient (Wildman–Crippen LogP) is 1.44. The lowest BCUT2D eigenvalue weighted by molar-refractivity contribution is 0.0904. The third-order valence-electron chi connectivity index (χ3n) is 2.68. The highest BCUT2D eigenvalue weighted by Gasteiger charge is 2.13. The summed E-state index contributed by atoms with van der Waals surface area (Å²) in [6.07, 6.45) is 2.09. The van der Waals surface area contributed by atoms with E-state index in [2.05, 4.69) is 5.32 Å². The summed E-state index contributed by atoms with van der Waals surface area (Å²) in [5, 5.41) is 3.43. The van der Waals surface area contributed by atoms with E-state index in [1.807, 2.05) is 18.2 Å². The maximum absolute atomic E-state index is 5.74. The van der Waals surface area contributed by atoms with Crippen LogP contribution >= 0.6 is 0 Å². The zero-order chi connectivity index (χ0) is 10.7. The monoisotopic (exact) mass is 207 g/mol. The Morgan fingerprint density at radius 2 is 1.87 bits per heavy atom. The Balaban J connectivity index is 2.00. The van der Waals surface area contributed by atoms with Crippen molar-refractivity contribution < 1.29 is 4.74 Å². The number of nitrogens with one attached hydrogen (secondary N) is 1. The van der Waals surface area contributed by atoms with Gasteiger partial charge in [-0.3, -0.25) is 0 Å². The molecule has 82 valence electrons. The Morgan fingerprint density at radius 1 is 1.13 bits per heavy atom. The SMILES string of the molecule is Nc1ccc(NC2CCOCC2)cc1N. The first-order valence-electron chi connectivity index (χ1n) is 5.25. The van der Waals surface area contributed by atoms with E-state index < -0.39 is 0 Å². The van der Waals surface area contributed by atoms with Crippen LogP contribution in [0.5, 0.6) is 0 Å². The quantitative estimate of drug-likeness (QED) is 0.642. The van der Waals surface area contributed by atoms with Crippen LogP contribution < -0.4 is 16.8 Å². The number of nitrogens with two attached hydrogens (primary N) is 2. The molecule has 15 heavy (non-hydrogen) atoms. The first kappa shape index (κ1) is 10.1. The molecule has 4 nitrogen and oxygen atoms in total. The van der Waals surface area contributed by atoms with Crippen LogP contribution in [-0.4, -0.2) is 19.3 Å². The minimum atomic E-state index is 0.488. The summed E-state index contributed by atoms with van der Waals surface area (Å²) in [6, 6.07) is 6.16. The lowest BCUT2D eigenvalue weighted by Crippen LogP contribution is -2.27. The molecule has 0 unspecified atom stereocenters. The summed E-state index contributed by atoms with van der Waals surface area (Å²) in [5.74, 6) is 0. The highest BCUT2D eigenvalue weighted by Crippen LogP contribution is 2.21. The first-order valence-corrected chi connectivity index (χ1v) is 5.25. The lowest BCUT2D eigenvalue weighted by atomic mass is 10.1. The fourth-order valence-electron chi connectivity index (χ4n) is 1.74. The number of hydrogen-bond acceptors (Lipinski definition) is 4.